The normalized spacial score (nSPS) is 19.6. The number of rotatable bonds is 3. The number of hydrogen-bond donors (Lipinski definition) is 1. The van der Waals surface area contributed by atoms with E-state index in [0.29, 0.717) is 5.92 Å². The van der Waals surface area contributed by atoms with Gasteiger partial charge in [0.05, 0.1) is 7.11 Å². The van der Waals surface area contributed by atoms with Crippen LogP contribution in [0.5, 0.6) is 5.75 Å². The van der Waals surface area contributed by atoms with Crippen LogP contribution < -0.4 is 10.1 Å². The Kier molecular flexibility index (Phi) is 3.49. The monoisotopic (exact) mass is 219 g/mol. The lowest BCUT2D eigenvalue weighted by molar-refractivity contribution is 0.408. The van der Waals surface area contributed by atoms with Crippen molar-refractivity contribution in [2.75, 3.05) is 13.7 Å². The molecule has 2 nitrogen and oxygen atoms in total. The highest BCUT2D eigenvalue weighted by atomic mass is 16.5. The second-order valence-electron chi connectivity index (χ2n) is 5.02. The van der Waals surface area contributed by atoms with Gasteiger partial charge < -0.3 is 10.1 Å². The summed E-state index contributed by atoms with van der Waals surface area (Å²) in [6, 6.07) is 6.45. The molecule has 0 spiro atoms. The standard InChI is InChI=1S/C14H21NO/c1-10(2)6-12-9-15-8-11-4-5-13(16-3)7-14(11)12/h4-5,7,10,12,15H,6,8-9H2,1-3H3. The summed E-state index contributed by atoms with van der Waals surface area (Å²) in [5, 5.41) is 3.49. The molecule has 0 bridgehead atoms. The Morgan fingerprint density at radius 2 is 2.25 bits per heavy atom. The molecule has 1 unspecified atom stereocenters. The van der Waals surface area contributed by atoms with Crippen LogP contribution in [0.4, 0.5) is 0 Å². The zero-order valence-corrected chi connectivity index (χ0v) is 10.4. The summed E-state index contributed by atoms with van der Waals surface area (Å²) < 4.78 is 5.31. The van der Waals surface area contributed by atoms with Crippen LogP contribution in [0.15, 0.2) is 18.2 Å². The molecule has 16 heavy (non-hydrogen) atoms. The molecule has 1 aromatic rings. The van der Waals surface area contributed by atoms with E-state index >= 15 is 0 Å². The Labute approximate surface area is 98.0 Å². The van der Waals surface area contributed by atoms with Crippen LogP contribution in [0, 0.1) is 5.92 Å². The van der Waals surface area contributed by atoms with E-state index in [-0.39, 0.29) is 0 Å². The second-order valence-corrected chi connectivity index (χ2v) is 5.02. The first-order chi connectivity index (χ1) is 7.70. The van der Waals surface area contributed by atoms with E-state index < -0.39 is 0 Å². The van der Waals surface area contributed by atoms with Crippen molar-refractivity contribution in [2.45, 2.75) is 32.7 Å². The average Bonchev–Trinajstić information content (AvgIpc) is 2.28. The molecule has 0 saturated heterocycles. The van der Waals surface area contributed by atoms with Crippen molar-refractivity contribution in [1.82, 2.24) is 5.32 Å². The zero-order chi connectivity index (χ0) is 11.5. The summed E-state index contributed by atoms with van der Waals surface area (Å²) in [6.45, 7) is 6.66. The van der Waals surface area contributed by atoms with Gasteiger partial charge >= 0.3 is 0 Å². The predicted octanol–water partition coefficient (Wildman–Crippen LogP) is 2.93. The van der Waals surface area contributed by atoms with E-state index in [9.17, 15) is 0 Å². The number of benzene rings is 1. The van der Waals surface area contributed by atoms with Crippen molar-refractivity contribution in [1.29, 1.82) is 0 Å². The molecule has 1 aliphatic heterocycles. The maximum Gasteiger partial charge on any atom is 0.119 e. The Bertz CT molecular complexity index is 360. The first-order valence-electron chi connectivity index (χ1n) is 6.08. The third-order valence-electron chi connectivity index (χ3n) is 3.25. The highest BCUT2D eigenvalue weighted by Crippen LogP contribution is 2.31. The molecule has 0 aromatic heterocycles. The van der Waals surface area contributed by atoms with Crippen molar-refractivity contribution in [2.24, 2.45) is 5.92 Å². The fraction of sp³-hybridized carbons (Fsp3) is 0.571. The van der Waals surface area contributed by atoms with E-state index in [1.54, 1.807) is 7.11 Å². The Balaban J connectivity index is 2.28. The highest BCUT2D eigenvalue weighted by Gasteiger charge is 2.21. The molecule has 0 aliphatic carbocycles. The lowest BCUT2D eigenvalue weighted by atomic mass is 9.85. The topological polar surface area (TPSA) is 21.3 Å². The third kappa shape index (κ3) is 2.38. The van der Waals surface area contributed by atoms with E-state index in [0.717, 1.165) is 24.8 Å². The molecule has 1 N–H and O–H groups in total. The van der Waals surface area contributed by atoms with Crippen LogP contribution in [-0.2, 0) is 6.54 Å². The summed E-state index contributed by atoms with van der Waals surface area (Å²) in [5.74, 6) is 2.36. The van der Waals surface area contributed by atoms with E-state index in [1.165, 1.54) is 17.5 Å². The van der Waals surface area contributed by atoms with Gasteiger partial charge in [-0.1, -0.05) is 19.9 Å². The molecule has 0 radical (unpaired) electrons. The minimum absolute atomic E-state index is 0.638. The summed E-state index contributed by atoms with van der Waals surface area (Å²) >= 11 is 0. The SMILES string of the molecule is COc1ccc2c(c1)C(CC(C)C)CNC2. The van der Waals surface area contributed by atoms with E-state index in [1.807, 2.05) is 0 Å². The molecule has 1 heterocycles. The molecule has 1 atom stereocenters. The molecule has 0 fully saturated rings. The first-order valence-corrected chi connectivity index (χ1v) is 6.08. The van der Waals surface area contributed by atoms with Gasteiger partial charge in [-0.3, -0.25) is 0 Å². The summed E-state index contributed by atoms with van der Waals surface area (Å²) in [7, 11) is 1.74. The first kappa shape index (κ1) is 11.5. The summed E-state index contributed by atoms with van der Waals surface area (Å²) in [5.41, 5.74) is 2.91. The number of methoxy groups -OCH3 is 1. The third-order valence-corrected chi connectivity index (χ3v) is 3.25. The van der Waals surface area contributed by atoms with Gasteiger partial charge in [-0.2, -0.15) is 0 Å². The van der Waals surface area contributed by atoms with Gasteiger partial charge in [0, 0.05) is 13.1 Å². The average molecular weight is 219 g/mol. The van der Waals surface area contributed by atoms with Gasteiger partial charge in [0.2, 0.25) is 0 Å². The lowest BCUT2D eigenvalue weighted by Gasteiger charge is -2.28. The molecule has 0 saturated carbocycles. The lowest BCUT2D eigenvalue weighted by Crippen LogP contribution is -2.28. The van der Waals surface area contributed by atoms with Gasteiger partial charge in [0.25, 0.3) is 0 Å². The van der Waals surface area contributed by atoms with Crippen LogP contribution in [0.2, 0.25) is 0 Å². The van der Waals surface area contributed by atoms with Gasteiger partial charge in [-0.15, -0.1) is 0 Å². The molecule has 2 heteroatoms. The van der Waals surface area contributed by atoms with E-state index in [2.05, 4.69) is 37.4 Å². The molecule has 1 aromatic carbocycles. The van der Waals surface area contributed by atoms with Crippen molar-refractivity contribution < 1.29 is 4.74 Å². The highest BCUT2D eigenvalue weighted by molar-refractivity contribution is 5.39. The van der Waals surface area contributed by atoms with Crippen LogP contribution in [0.1, 0.15) is 37.3 Å². The summed E-state index contributed by atoms with van der Waals surface area (Å²) in [4.78, 5) is 0. The second kappa shape index (κ2) is 4.88. The number of nitrogens with one attached hydrogen (secondary N) is 1. The summed E-state index contributed by atoms with van der Waals surface area (Å²) in [6.07, 6.45) is 1.24. The van der Waals surface area contributed by atoms with Crippen LogP contribution in [0.3, 0.4) is 0 Å². The van der Waals surface area contributed by atoms with Crippen LogP contribution in [0.25, 0.3) is 0 Å². The quantitative estimate of drug-likeness (QED) is 0.844. The molecule has 88 valence electrons. The Morgan fingerprint density at radius 3 is 2.94 bits per heavy atom. The molecule has 2 rings (SSSR count). The van der Waals surface area contributed by atoms with Crippen molar-refractivity contribution in [3.63, 3.8) is 0 Å². The fourth-order valence-corrected chi connectivity index (χ4v) is 2.51. The van der Waals surface area contributed by atoms with Gasteiger partial charge in [-0.25, -0.2) is 0 Å². The predicted molar refractivity (Wildman–Crippen MR) is 66.9 cm³/mol. The number of ether oxygens (including phenoxy) is 1. The number of hydrogen-bond acceptors (Lipinski definition) is 2. The smallest absolute Gasteiger partial charge is 0.119 e. The Morgan fingerprint density at radius 1 is 1.44 bits per heavy atom. The van der Waals surface area contributed by atoms with Gasteiger partial charge in [0.15, 0.2) is 0 Å². The van der Waals surface area contributed by atoms with Crippen molar-refractivity contribution in [3.8, 4) is 5.75 Å². The maximum atomic E-state index is 5.31. The molecule has 1 aliphatic rings. The molecular formula is C14H21NO. The minimum atomic E-state index is 0.638. The maximum absolute atomic E-state index is 5.31. The zero-order valence-electron chi connectivity index (χ0n) is 10.4. The van der Waals surface area contributed by atoms with E-state index in [4.69, 9.17) is 4.74 Å². The molecular weight excluding hydrogens is 198 g/mol. The van der Waals surface area contributed by atoms with Crippen molar-refractivity contribution in [3.05, 3.63) is 29.3 Å². The van der Waals surface area contributed by atoms with Crippen LogP contribution in [-0.4, -0.2) is 13.7 Å². The molecule has 0 amide bonds. The van der Waals surface area contributed by atoms with Gasteiger partial charge in [0.1, 0.15) is 5.75 Å². The van der Waals surface area contributed by atoms with Crippen LogP contribution >= 0.6 is 0 Å². The fourth-order valence-electron chi connectivity index (χ4n) is 2.51. The largest absolute Gasteiger partial charge is 0.497 e. The minimum Gasteiger partial charge on any atom is -0.497 e. The van der Waals surface area contributed by atoms with Crippen molar-refractivity contribution >= 4 is 0 Å². The Hall–Kier alpha value is -1.02. The van der Waals surface area contributed by atoms with Gasteiger partial charge in [-0.05, 0) is 41.5 Å². The number of fused-ring (bicyclic) bond motifs is 1.